The topological polar surface area (TPSA) is 79.6 Å². The number of likely N-dealkylation sites (N-methyl/N-ethyl adjacent to an activating group) is 1. The lowest BCUT2D eigenvalue weighted by Crippen LogP contribution is -2.51. The lowest BCUT2D eigenvalue weighted by Gasteiger charge is -2.38. The van der Waals surface area contributed by atoms with Gasteiger partial charge in [0.1, 0.15) is 11.3 Å². The minimum absolute atomic E-state index is 0.0446. The van der Waals surface area contributed by atoms with Crippen LogP contribution in [0.15, 0.2) is 24.3 Å². The smallest absolute Gasteiger partial charge is 0.344 e. The van der Waals surface area contributed by atoms with Crippen molar-refractivity contribution in [2.75, 3.05) is 20.3 Å². The molecule has 1 saturated carbocycles. The van der Waals surface area contributed by atoms with Crippen LogP contribution in [0, 0.1) is 11.3 Å². The molecule has 1 aromatic rings. The van der Waals surface area contributed by atoms with Gasteiger partial charge in [-0.3, -0.25) is 4.79 Å². The van der Waals surface area contributed by atoms with Gasteiger partial charge in [-0.15, -0.1) is 0 Å². The van der Waals surface area contributed by atoms with E-state index >= 15 is 0 Å². The molecule has 0 aliphatic heterocycles. The van der Waals surface area contributed by atoms with Crippen molar-refractivity contribution in [2.45, 2.75) is 63.8 Å². The molecule has 0 unspecified atom stereocenters. The fourth-order valence-corrected chi connectivity index (χ4v) is 3.37. The van der Waals surface area contributed by atoms with Gasteiger partial charge in [-0.05, 0) is 36.0 Å². The third kappa shape index (κ3) is 5.48. The number of nitriles is 1. The fraction of sp³-hybridized carbons (Fsp3) is 0.591. The summed E-state index contributed by atoms with van der Waals surface area (Å²) < 4.78 is 10.5. The molecule has 152 valence electrons. The van der Waals surface area contributed by atoms with Crippen molar-refractivity contribution < 1.29 is 19.1 Å². The van der Waals surface area contributed by atoms with Crippen LogP contribution in [-0.4, -0.2) is 42.6 Å². The normalized spacial score (nSPS) is 16.0. The molecule has 6 heteroatoms. The monoisotopic (exact) mass is 386 g/mol. The van der Waals surface area contributed by atoms with Crippen LogP contribution in [-0.2, 0) is 19.7 Å². The molecule has 0 N–H and O–H groups in total. The first kappa shape index (κ1) is 21.7. The molecule has 1 aliphatic rings. The van der Waals surface area contributed by atoms with Crippen molar-refractivity contribution in [1.29, 1.82) is 5.26 Å². The third-order valence-electron chi connectivity index (χ3n) is 5.34. The van der Waals surface area contributed by atoms with Gasteiger partial charge in [-0.25, -0.2) is 4.79 Å². The van der Waals surface area contributed by atoms with Gasteiger partial charge >= 0.3 is 5.97 Å². The fourth-order valence-electron chi connectivity index (χ4n) is 3.37. The largest absolute Gasteiger partial charge is 0.482 e. The predicted molar refractivity (Wildman–Crippen MR) is 106 cm³/mol. The van der Waals surface area contributed by atoms with Gasteiger partial charge < -0.3 is 14.4 Å². The second-order valence-corrected chi connectivity index (χ2v) is 8.38. The van der Waals surface area contributed by atoms with E-state index in [1.54, 1.807) is 7.05 Å². The molecule has 2 rings (SSSR count). The molecule has 1 amide bonds. The van der Waals surface area contributed by atoms with Crippen LogP contribution in [0.1, 0.15) is 58.4 Å². The van der Waals surface area contributed by atoms with Crippen molar-refractivity contribution in [2.24, 2.45) is 0 Å². The molecule has 6 nitrogen and oxygen atoms in total. The van der Waals surface area contributed by atoms with Gasteiger partial charge in [0.15, 0.2) is 13.2 Å². The van der Waals surface area contributed by atoms with Crippen molar-refractivity contribution >= 4 is 11.9 Å². The van der Waals surface area contributed by atoms with Crippen LogP contribution >= 0.6 is 0 Å². The third-order valence-corrected chi connectivity index (χ3v) is 5.34. The van der Waals surface area contributed by atoms with Crippen LogP contribution < -0.4 is 4.74 Å². The number of hydrogen-bond acceptors (Lipinski definition) is 5. The molecule has 0 heterocycles. The van der Waals surface area contributed by atoms with Crippen molar-refractivity contribution in [3.05, 3.63) is 29.8 Å². The summed E-state index contributed by atoms with van der Waals surface area (Å²) in [7, 11) is 1.61. The Balaban J connectivity index is 1.80. The van der Waals surface area contributed by atoms with Crippen LogP contribution in [0.4, 0.5) is 0 Å². The Hall–Kier alpha value is -2.55. The zero-order chi connectivity index (χ0) is 20.8. The van der Waals surface area contributed by atoms with Gasteiger partial charge in [0.2, 0.25) is 0 Å². The van der Waals surface area contributed by atoms with Crippen molar-refractivity contribution in [3.63, 3.8) is 0 Å². The van der Waals surface area contributed by atoms with Crippen molar-refractivity contribution in [1.82, 2.24) is 4.90 Å². The summed E-state index contributed by atoms with van der Waals surface area (Å²) in [6.45, 7) is 5.72. The van der Waals surface area contributed by atoms with E-state index in [4.69, 9.17) is 9.47 Å². The molecular formula is C22H30N2O4. The number of rotatable bonds is 6. The van der Waals surface area contributed by atoms with E-state index in [1.165, 1.54) is 10.5 Å². The van der Waals surface area contributed by atoms with Crippen LogP contribution in [0.2, 0.25) is 0 Å². The van der Waals surface area contributed by atoms with Crippen LogP contribution in [0.5, 0.6) is 5.75 Å². The molecule has 0 bridgehead atoms. The molecule has 0 aromatic heterocycles. The Labute approximate surface area is 167 Å². The number of ether oxygens (including phenoxy) is 2. The Kier molecular flexibility index (Phi) is 7.06. The Bertz CT molecular complexity index is 722. The van der Waals surface area contributed by atoms with Crippen LogP contribution in [0.3, 0.4) is 0 Å². The summed E-state index contributed by atoms with van der Waals surface area (Å²) in [5, 5.41) is 9.55. The standard InChI is InChI=1S/C22H30N2O4/c1-21(2,3)17-8-10-18(11-9-17)27-15-20(26)28-14-19(25)24(4)22(16-23)12-6-5-7-13-22/h8-11H,5-7,12-15H2,1-4H3. The highest BCUT2D eigenvalue weighted by atomic mass is 16.6. The minimum atomic E-state index is -0.785. The highest BCUT2D eigenvalue weighted by Gasteiger charge is 2.38. The van der Waals surface area contributed by atoms with E-state index in [2.05, 4.69) is 26.8 Å². The minimum Gasteiger partial charge on any atom is -0.482 e. The Morgan fingerprint density at radius 3 is 2.25 bits per heavy atom. The second-order valence-electron chi connectivity index (χ2n) is 8.38. The molecule has 1 aromatic carbocycles. The zero-order valence-corrected chi connectivity index (χ0v) is 17.3. The molecule has 0 radical (unpaired) electrons. The Morgan fingerprint density at radius 2 is 1.71 bits per heavy atom. The van der Waals surface area contributed by atoms with Crippen LogP contribution in [0.25, 0.3) is 0 Å². The number of benzene rings is 1. The maximum atomic E-state index is 12.4. The van der Waals surface area contributed by atoms with Gasteiger partial charge in [0.25, 0.3) is 5.91 Å². The highest BCUT2D eigenvalue weighted by Crippen LogP contribution is 2.32. The van der Waals surface area contributed by atoms with E-state index in [9.17, 15) is 14.9 Å². The predicted octanol–water partition coefficient (Wildman–Crippen LogP) is 3.59. The number of nitrogens with zero attached hydrogens (tertiary/aromatic N) is 2. The van der Waals surface area contributed by atoms with E-state index in [-0.39, 0.29) is 24.5 Å². The summed E-state index contributed by atoms with van der Waals surface area (Å²) in [4.78, 5) is 25.7. The first-order chi connectivity index (χ1) is 13.2. The van der Waals surface area contributed by atoms with Gasteiger partial charge in [-0.2, -0.15) is 5.26 Å². The first-order valence-electron chi connectivity index (χ1n) is 9.75. The summed E-state index contributed by atoms with van der Waals surface area (Å²) in [5.41, 5.74) is 0.431. The molecule has 0 saturated heterocycles. The molecule has 0 spiro atoms. The molecule has 1 aliphatic carbocycles. The van der Waals surface area contributed by atoms with E-state index < -0.39 is 11.5 Å². The summed E-state index contributed by atoms with van der Waals surface area (Å²) in [6, 6.07) is 9.84. The van der Waals surface area contributed by atoms with Gasteiger partial charge in [0, 0.05) is 7.05 Å². The van der Waals surface area contributed by atoms with E-state index in [1.807, 2.05) is 24.3 Å². The van der Waals surface area contributed by atoms with E-state index in [0.29, 0.717) is 18.6 Å². The maximum absolute atomic E-state index is 12.4. The quantitative estimate of drug-likeness (QED) is 0.698. The number of esters is 1. The number of carbonyl (C=O) groups is 2. The summed E-state index contributed by atoms with van der Waals surface area (Å²) in [5.74, 6) is -0.415. The molecule has 28 heavy (non-hydrogen) atoms. The number of amides is 1. The summed E-state index contributed by atoms with van der Waals surface area (Å²) >= 11 is 0. The number of hydrogen-bond donors (Lipinski definition) is 0. The SMILES string of the molecule is CN(C(=O)COC(=O)COc1ccc(C(C)(C)C)cc1)C1(C#N)CCCCC1. The van der Waals surface area contributed by atoms with Gasteiger partial charge in [0.05, 0.1) is 6.07 Å². The molecule has 1 fully saturated rings. The maximum Gasteiger partial charge on any atom is 0.344 e. The van der Waals surface area contributed by atoms with Crippen molar-refractivity contribution in [3.8, 4) is 11.8 Å². The number of carbonyl (C=O) groups excluding carboxylic acids is 2. The average Bonchev–Trinajstić information content (AvgIpc) is 2.70. The lowest BCUT2D eigenvalue weighted by molar-refractivity contribution is -0.155. The lowest BCUT2D eigenvalue weighted by atomic mass is 9.81. The van der Waals surface area contributed by atoms with E-state index in [0.717, 1.165) is 19.3 Å². The molecule has 0 atom stereocenters. The summed E-state index contributed by atoms with van der Waals surface area (Å²) in [6.07, 6.45) is 4.24. The first-order valence-corrected chi connectivity index (χ1v) is 9.75. The highest BCUT2D eigenvalue weighted by molar-refractivity contribution is 5.81. The van der Waals surface area contributed by atoms with Gasteiger partial charge in [-0.1, -0.05) is 52.2 Å². The molecular weight excluding hydrogens is 356 g/mol. The average molecular weight is 386 g/mol. The second kappa shape index (κ2) is 9.09. The zero-order valence-electron chi connectivity index (χ0n) is 17.3. The Morgan fingerprint density at radius 1 is 1.11 bits per heavy atom.